The number of nitriles is 1. The molecule has 1 N–H and O–H groups in total. The lowest BCUT2D eigenvalue weighted by Gasteiger charge is -2.41. The highest BCUT2D eigenvalue weighted by atomic mass is 79.9. The standard InChI is InChI=1S/C27H26BrN7/c1-18-5-4-10-30-25(18)19(2)33-27(3)8-11-34(12-9-27)24-7-6-20(15-31-24)23-13-22(28)17-35-26(23)21(14-29)16-32-35/h4-7,10,13,15-17,33H,2,8-9,11-12H2,1,3H3. The van der Waals surface area contributed by atoms with Crippen molar-refractivity contribution in [2.45, 2.75) is 32.2 Å². The molecule has 176 valence electrons. The Labute approximate surface area is 213 Å². The Morgan fingerprint density at radius 1 is 1.20 bits per heavy atom. The van der Waals surface area contributed by atoms with Gasteiger partial charge in [-0.1, -0.05) is 12.6 Å². The zero-order valence-corrected chi connectivity index (χ0v) is 21.4. The van der Waals surface area contributed by atoms with Crippen molar-refractivity contribution in [3.8, 4) is 17.2 Å². The summed E-state index contributed by atoms with van der Waals surface area (Å²) in [4.78, 5) is 11.6. The molecule has 0 aromatic carbocycles. The summed E-state index contributed by atoms with van der Waals surface area (Å²) < 4.78 is 2.62. The van der Waals surface area contributed by atoms with Gasteiger partial charge in [0.2, 0.25) is 0 Å². The quantitative estimate of drug-likeness (QED) is 0.376. The van der Waals surface area contributed by atoms with Crippen LogP contribution in [0.2, 0.25) is 0 Å². The van der Waals surface area contributed by atoms with Gasteiger partial charge in [-0.2, -0.15) is 10.4 Å². The predicted octanol–water partition coefficient (Wildman–Crippen LogP) is 5.35. The van der Waals surface area contributed by atoms with Crippen LogP contribution in [0.25, 0.3) is 22.3 Å². The highest BCUT2D eigenvalue weighted by molar-refractivity contribution is 9.10. The molecule has 1 fully saturated rings. The van der Waals surface area contributed by atoms with Crippen LogP contribution in [-0.2, 0) is 0 Å². The third kappa shape index (κ3) is 4.52. The Morgan fingerprint density at radius 3 is 2.69 bits per heavy atom. The zero-order chi connectivity index (χ0) is 24.6. The summed E-state index contributed by atoms with van der Waals surface area (Å²) in [7, 11) is 0. The van der Waals surface area contributed by atoms with Crippen molar-refractivity contribution >= 4 is 33.0 Å². The Bertz CT molecular complexity index is 1440. The highest BCUT2D eigenvalue weighted by Gasteiger charge is 2.31. The Kier molecular flexibility index (Phi) is 6.03. The van der Waals surface area contributed by atoms with Crippen molar-refractivity contribution < 1.29 is 0 Å². The van der Waals surface area contributed by atoms with Gasteiger partial charge in [-0.3, -0.25) is 4.98 Å². The van der Waals surface area contributed by atoms with E-state index in [9.17, 15) is 5.26 Å². The molecule has 0 amide bonds. The molecule has 0 saturated carbocycles. The summed E-state index contributed by atoms with van der Waals surface area (Å²) in [6.07, 6.45) is 9.06. The van der Waals surface area contributed by atoms with Crippen LogP contribution in [0, 0.1) is 18.3 Å². The molecule has 0 unspecified atom stereocenters. The van der Waals surface area contributed by atoms with Crippen LogP contribution >= 0.6 is 15.9 Å². The number of aryl methyl sites for hydroxylation is 1. The molecule has 8 heteroatoms. The zero-order valence-electron chi connectivity index (χ0n) is 19.8. The number of nitrogens with zero attached hydrogens (tertiary/aromatic N) is 6. The Balaban J connectivity index is 1.30. The van der Waals surface area contributed by atoms with E-state index >= 15 is 0 Å². The minimum atomic E-state index is -0.0465. The van der Waals surface area contributed by atoms with E-state index in [1.165, 1.54) is 0 Å². The van der Waals surface area contributed by atoms with Gasteiger partial charge in [0.15, 0.2) is 0 Å². The number of aromatic nitrogens is 4. The number of hydrogen-bond donors (Lipinski definition) is 1. The third-order valence-electron chi connectivity index (χ3n) is 6.70. The van der Waals surface area contributed by atoms with Crippen LogP contribution < -0.4 is 10.2 Å². The van der Waals surface area contributed by atoms with E-state index in [0.717, 1.165) is 69.8 Å². The van der Waals surface area contributed by atoms with Crippen LogP contribution in [0.4, 0.5) is 5.82 Å². The number of pyridine rings is 3. The number of piperidine rings is 1. The molecular weight excluding hydrogens is 502 g/mol. The number of halogens is 1. The van der Waals surface area contributed by atoms with E-state index in [1.807, 2.05) is 30.7 Å². The summed E-state index contributed by atoms with van der Waals surface area (Å²) in [5, 5.41) is 17.5. The van der Waals surface area contributed by atoms with Crippen molar-refractivity contribution in [1.29, 1.82) is 5.26 Å². The second-order valence-electron chi connectivity index (χ2n) is 9.26. The summed E-state index contributed by atoms with van der Waals surface area (Å²) in [6, 6.07) is 12.4. The van der Waals surface area contributed by atoms with Gasteiger partial charge >= 0.3 is 0 Å². The monoisotopic (exact) mass is 527 g/mol. The molecule has 0 atom stereocenters. The van der Waals surface area contributed by atoms with Gasteiger partial charge in [0, 0.05) is 52.8 Å². The number of anilines is 1. The predicted molar refractivity (Wildman–Crippen MR) is 142 cm³/mol. The Morgan fingerprint density at radius 2 is 2.00 bits per heavy atom. The summed E-state index contributed by atoms with van der Waals surface area (Å²) in [6.45, 7) is 10.3. The maximum Gasteiger partial charge on any atom is 0.128 e. The number of hydrogen-bond acceptors (Lipinski definition) is 6. The van der Waals surface area contributed by atoms with Crippen LogP contribution in [0.5, 0.6) is 0 Å². The first-order valence-electron chi connectivity index (χ1n) is 11.5. The first kappa shape index (κ1) is 23.1. The molecule has 0 radical (unpaired) electrons. The average molecular weight is 528 g/mol. The number of fused-ring (bicyclic) bond motifs is 1. The van der Waals surface area contributed by atoms with Gasteiger partial charge in [0.05, 0.1) is 28.7 Å². The summed E-state index contributed by atoms with van der Waals surface area (Å²) >= 11 is 3.55. The van der Waals surface area contributed by atoms with Gasteiger partial charge < -0.3 is 10.2 Å². The fraction of sp³-hybridized carbons (Fsp3) is 0.259. The molecule has 0 spiro atoms. The normalized spacial score (nSPS) is 15.1. The third-order valence-corrected chi connectivity index (χ3v) is 7.13. The minimum absolute atomic E-state index is 0.0465. The molecule has 0 bridgehead atoms. The Hall–Kier alpha value is -3.70. The smallest absolute Gasteiger partial charge is 0.128 e. The van der Waals surface area contributed by atoms with E-state index in [1.54, 1.807) is 10.7 Å². The second-order valence-corrected chi connectivity index (χ2v) is 10.2. The fourth-order valence-electron chi connectivity index (χ4n) is 4.70. The van der Waals surface area contributed by atoms with E-state index in [2.05, 4.69) is 80.9 Å². The molecule has 1 aliphatic heterocycles. The molecule has 0 aliphatic carbocycles. The van der Waals surface area contributed by atoms with Crippen LogP contribution in [0.1, 0.15) is 36.6 Å². The van der Waals surface area contributed by atoms with Gasteiger partial charge in [-0.15, -0.1) is 0 Å². The van der Waals surface area contributed by atoms with Crippen molar-refractivity contribution in [3.63, 3.8) is 0 Å². The largest absolute Gasteiger partial charge is 0.378 e. The first-order valence-corrected chi connectivity index (χ1v) is 12.3. The number of rotatable bonds is 5. The van der Waals surface area contributed by atoms with Gasteiger partial charge in [-0.05, 0) is 72.4 Å². The van der Waals surface area contributed by atoms with Crippen molar-refractivity contribution in [1.82, 2.24) is 24.9 Å². The molecule has 4 aromatic rings. The molecule has 35 heavy (non-hydrogen) atoms. The molecule has 5 heterocycles. The van der Waals surface area contributed by atoms with Crippen molar-refractivity contribution in [2.75, 3.05) is 18.0 Å². The molecule has 1 aliphatic rings. The lowest BCUT2D eigenvalue weighted by Crippen LogP contribution is -2.50. The van der Waals surface area contributed by atoms with Crippen molar-refractivity contribution in [2.24, 2.45) is 0 Å². The van der Waals surface area contributed by atoms with Gasteiger partial charge in [0.1, 0.15) is 11.9 Å². The maximum absolute atomic E-state index is 9.50. The van der Waals surface area contributed by atoms with Crippen LogP contribution in [0.15, 0.2) is 66.2 Å². The average Bonchev–Trinajstić information content (AvgIpc) is 3.27. The van der Waals surface area contributed by atoms with Gasteiger partial charge in [0.25, 0.3) is 0 Å². The fourth-order valence-corrected chi connectivity index (χ4v) is 5.13. The highest BCUT2D eigenvalue weighted by Crippen LogP contribution is 2.32. The first-order chi connectivity index (χ1) is 16.9. The summed E-state index contributed by atoms with van der Waals surface area (Å²) in [5.41, 5.74) is 6.07. The SMILES string of the molecule is C=C(NC1(C)CCN(c2ccc(-c3cc(Br)cn4ncc(C#N)c34)cn2)CC1)c1ncccc1C. The summed E-state index contributed by atoms with van der Waals surface area (Å²) in [5.74, 6) is 0.954. The molecule has 4 aromatic heterocycles. The van der Waals surface area contributed by atoms with Crippen molar-refractivity contribution in [3.05, 3.63) is 83.0 Å². The second kappa shape index (κ2) is 9.16. The maximum atomic E-state index is 9.50. The molecular formula is C27H26BrN7. The molecule has 5 rings (SSSR count). The van der Waals surface area contributed by atoms with Gasteiger partial charge in [-0.25, -0.2) is 9.50 Å². The van der Waals surface area contributed by atoms with Crippen LogP contribution in [0.3, 0.4) is 0 Å². The molecule has 1 saturated heterocycles. The van der Waals surface area contributed by atoms with E-state index in [4.69, 9.17) is 4.98 Å². The lowest BCUT2D eigenvalue weighted by atomic mass is 9.89. The topological polar surface area (TPSA) is 82.1 Å². The minimum Gasteiger partial charge on any atom is -0.378 e. The van der Waals surface area contributed by atoms with E-state index in [-0.39, 0.29) is 5.54 Å². The van der Waals surface area contributed by atoms with Crippen LogP contribution in [-0.4, -0.2) is 38.2 Å². The number of nitrogens with one attached hydrogen (secondary N) is 1. The molecule has 7 nitrogen and oxygen atoms in total. The van der Waals surface area contributed by atoms with E-state index < -0.39 is 0 Å². The lowest BCUT2D eigenvalue weighted by molar-refractivity contribution is 0.321. The van der Waals surface area contributed by atoms with E-state index in [0.29, 0.717) is 5.56 Å².